The fourth-order valence-corrected chi connectivity index (χ4v) is 4.64. The van der Waals surface area contributed by atoms with Gasteiger partial charge in [-0.05, 0) is 6.42 Å². The molecular weight excluding hydrogens is 306 g/mol. The van der Waals surface area contributed by atoms with Gasteiger partial charge in [0.2, 0.25) is 15.9 Å². The van der Waals surface area contributed by atoms with Gasteiger partial charge in [-0.1, -0.05) is 6.92 Å². The minimum absolute atomic E-state index is 0.0125. The molecule has 0 unspecified atom stereocenters. The van der Waals surface area contributed by atoms with Crippen molar-refractivity contribution in [3.63, 3.8) is 0 Å². The summed E-state index contributed by atoms with van der Waals surface area (Å²) in [6.45, 7) is 3.30. The summed E-state index contributed by atoms with van der Waals surface area (Å²) in [6, 6.07) is 0. The smallest absolute Gasteiger partial charge is 0.232 e. The van der Waals surface area contributed by atoms with E-state index in [9.17, 15) is 8.42 Å². The van der Waals surface area contributed by atoms with E-state index in [-0.39, 0.29) is 11.9 Å². The number of nitrogens with zero attached hydrogens (tertiary/aromatic N) is 3. The Morgan fingerprint density at radius 1 is 1.45 bits per heavy atom. The second-order valence-corrected chi connectivity index (χ2v) is 7.98. The average Bonchev–Trinajstić information content (AvgIpc) is 2.46. The Kier molecular flexibility index (Phi) is 4.33. The molecule has 0 bridgehead atoms. The number of aromatic nitrogens is 2. The molecule has 122 valence electrons. The molecule has 2 saturated heterocycles. The van der Waals surface area contributed by atoms with Crippen LogP contribution in [0, 0.1) is 0 Å². The summed E-state index contributed by atoms with van der Waals surface area (Å²) in [5.41, 5.74) is -0.397. The van der Waals surface area contributed by atoms with Crippen LogP contribution < -0.4 is 4.74 Å². The van der Waals surface area contributed by atoms with Crippen LogP contribution in [0.1, 0.15) is 26.2 Å². The van der Waals surface area contributed by atoms with Crippen molar-refractivity contribution >= 4 is 10.0 Å². The van der Waals surface area contributed by atoms with Gasteiger partial charge in [0.1, 0.15) is 6.10 Å². The Morgan fingerprint density at radius 3 is 2.95 bits per heavy atom. The zero-order valence-corrected chi connectivity index (χ0v) is 13.5. The van der Waals surface area contributed by atoms with Gasteiger partial charge in [0.25, 0.3) is 0 Å². The number of hydrogen-bond donors (Lipinski definition) is 0. The Balaban J connectivity index is 1.58. The standard InChI is InChI=1S/C14H21N3O4S/c1-2-7-22(18,19)17-10-14(11-17)8-12(3-6-20-14)21-13-9-15-4-5-16-13/h4-5,9,12H,2-3,6-8,10-11H2,1H3/t12-/m1/s1. The van der Waals surface area contributed by atoms with Crippen LogP contribution in [0.15, 0.2) is 18.6 Å². The van der Waals surface area contributed by atoms with Gasteiger partial charge in [0.05, 0.1) is 24.2 Å². The van der Waals surface area contributed by atoms with Crippen LogP contribution in [0.5, 0.6) is 5.88 Å². The average molecular weight is 327 g/mol. The van der Waals surface area contributed by atoms with Gasteiger partial charge in [-0.15, -0.1) is 0 Å². The van der Waals surface area contributed by atoms with E-state index in [4.69, 9.17) is 9.47 Å². The highest BCUT2D eigenvalue weighted by Crippen LogP contribution is 2.37. The minimum Gasteiger partial charge on any atom is -0.473 e. The summed E-state index contributed by atoms with van der Waals surface area (Å²) in [5.74, 6) is 0.696. The number of rotatable bonds is 5. The predicted molar refractivity (Wildman–Crippen MR) is 80.0 cm³/mol. The molecule has 1 aromatic rings. The van der Waals surface area contributed by atoms with E-state index in [1.54, 1.807) is 18.6 Å². The van der Waals surface area contributed by atoms with Crippen molar-refractivity contribution in [3.05, 3.63) is 18.6 Å². The molecule has 2 fully saturated rings. The summed E-state index contributed by atoms with van der Waals surface area (Å²) in [7, 11) is -3.14. The zero-order valence-electron chi connectivity index (χ0n) is 12.6. The summed E-state index contributed by atoms with van der Waals surface area (Å²) >= 11 is 0. The van der Waals surface area contributed by atoms with Crippen molar-refractivity contribution in [1.82, 2.24) is 14.3 Å². The largest absolute Gasteiger partial charge is 0.473 e. The lowest BCUT2D eigenvalue weighted by Gasteiger charge is -2.51. The van der Waals surface area contributed by atoms with Gasteiger partial charge < -0.3 is 9.47 Å². The molecule has 0 N–H and O–H groups in total. The number of hydrogen-bond acceptors (Lipinski definition) is 6. The third kappa shape index (κ3) is 3.23. The van der Waals surface area contributed by atoms with Crippen molar-refractivity contribution in [1.29, 1.82) is 0 Å². The lowest BCUT2D eigenvalue weighted by atomic mass is 9.86. The third-order valence-electron chi connectivity index (χ3n) is 4.06. The van der Waals surface area contributed by atoms with E-state index in [0.29, 0.717) is 38.4 Å². The van der Waals surface area contributed by atoms with E-state index >= 15 is 0 Å². The van der Waals surface area contributed by atoms with Gasteiger partial charge in [-0.3, -0.25) is 4.98 Å². The Hall–Kier alpha value is -1.25. The molecule has 22 heavy (non-hydrogen) atoms. The van der Waals surface area contributed by atoms with Gasteiger partial charge in [0.15, 0.2) is 0 Å². The van der Waals surface area contributed by atoms with Crippen molar-refractivity contribution < 1.29 is 17.9 Å². The first-order valence-electron chi connectivity index (χ1n) is 7.57. The SMILES string of the molecule is CCCS(=O)(=O)N1CC2(C[C@H](Oc3cnccn3)CCO2)C1. The molecule has 0 saturated carbocycles. The number of ether oxygens (including phenoxy) is 2. The molecule has 1 aromatic heterocycles. The molecule has 0 aliphatic carbocycles. The van der Waals surface area contributed by atoms with Crippen LogP contribution in [0.3, 0.4) is 0 Å². The molecule has 3 heterocycles. The Morgan fingerprint density at radius 2 is 2.27 bits per heavy atom. The van der Waals surface area contributed by atoms with Gasteiger partial charge in [0, 0.05) is 38.3 Å². The molecule has 1 atom stereocenters. The van der Waals surface area contributed by atoms with Crippen molar-refractivity contribution in [2.24, 2.45) is 0 Å². The maximum Gasteiger partial charge on any atom is 0.232 e. The summed E-state index contributed by atoms with van der Waals surface area (Å²) < 4.78 is 37.3. The first-order chi connectivity index (χ1) is 10.5. The highest BCUT2D eigenvalue weighted by Gasteiger charge is 2.51. The molecule has 2 aliphatic heterocycles. The molecule has 0 radical (unpaired) electrons. The molecule has 0 aromatic carbocycles. The van der Waals surface area contributed by atoms with Crippen LogP contribution in [-0.4, -0.2) is 59.8 Å². The summed E-state index contributed by atoms with van der Waals surface area (Å²) in [4.78, 5) is 8.09. The van der Waals surface area contributed by atoms with Crippen molar-refractivity contribution in [3.8, 4) is 5.88 Å². The zero-order chi connectivity index (χ0) is 15.6. The van der Waals surface area contributed by atoms with Crippen LogP contribution in [0.2, 0.25) is 0 Å². The van der Waals surface area contributed by atoms with Gasteiger partial charge in [-0.25, -0.2) is 13.4 Å². The molecule has 1 spiro atoms. The monoisotopic (exact) mass is 327 g/mol. The van der Waals surface area contributed by atoms with Crippen LogP contribution in [0.25, 0.3) is 0 Å². The first-order valence-corrected chi connectivity index (χ1v) is 9.18. The van der Waals surface area contributed by atoms with Crippen LogP contribution >= 0.6 is 0 Å². The van der Waals surface area contributed by atoms with E-state index in [1.165, 1.54) is 4.31 Å². The number of sulfonamides is 1. The highest BCUT2D eigenvalue weighted by molar-refractivity contribution is 7.89. The molecular formula is C14H21N3O4S. The third-order valence-corrected chi connectivity index (χ3v) is 6.03. The van der Waals surface area contributed by atoms with Crippen molar-refractivity contribution in [2.45, 2.75) is 37.9 Å². The van der Waals surface area contributed by atoms with E-state index in [2.05, 4.69) is 9.97 Å². The minimum atomic E-state index is -3.14. The molecule has 8 heteroatoms. The van der Waals surface area contributed by atoms with E-state index < -0.39 is 15.6 Å². The lowest BCUT2D eigenvalue weighted by molar-refractivity contribution is -0.165. The summed E-state index contributed by atoms with van der Waals surface area (Å²) in [6.07, 6.45) is 6.85. The van der Waals surface area contributed by atoms with Crippen LogP contribution in [-0.2, 0) is 14.8 Å². The normalized spacial score (nSPS) is 24.9. The summed E-state index contributed by atoms with van der Waals surface area (Å²) in [5, 5.41) is 0. The second-order valence-electron chi connectivity index (χ2n) is 5.89. The second kappa shape index (κ2) is 6.10. The fourth-order valence-electron chi connectivity index (χ4n) is 3.00. The molecule has 2 aliphatic rings. The predicted octanol–water partition coefficient (Wildman–Crippen LogP) is 0.829. The molecule has 3 rings (SSSR count). The van der Waals surface area contributed by atoms with Gasteiger partial charge >= 0.3 is 0 Å². The molecule has 7 nitrogen and oxygen atoms in total. The van der Waals surface area contributed by atoms with E-state index in [1.807, 2.05) is 6.92 Å². The lowest BCUT2D eigenvalue weighted by Crippen LogP contribution is -2.67. The topological polar surface area (TPSA) is 81.6 Å². The maximum atomic E-state index is 12.0. The Bertz CT molecular complexity index is 602. The fraction of sp³-hybridized carbons (Fsp3) is 0.714. The van der Waals surface area contributed by atoms with E-state index in [0.717, 1.165) is 6.42 Å². The van der Waals surface area contributed by atoms with Crippen LogP contribution in [0.4, 0.5) is 0 Å². The maximum absolute atomic E-state index is 12.0. The van der Waals surface area contributed by atoms with Crippen molar-refractivity contribution in [2.75, 3.05) is 25.4 Å². The highest BCUT2D eigenvalue weighted by atomic mass is 32.2. The molecule has 0 amide bonds. The quantitative estimate of drug-likeness (QED) is 0.797. The Labute approximate surface area is 130 Å². The first kappa shape index (κ1) is 15.6. The van der Waals surface area contributed by atoms with Gasteiger partial charge in [-0.2, -0.15) is 4.31 Å².